The highest BCUT2D eigenvalue weighted by atomic mass is 16.6. The summed E-state index contributed by atoms with van der Waals surface area (Å²) >= 11 is 0. The Kier molecular flexibility index (Phi) is 3.10. The van der Waals surface area contributed by atoms with Gasteiger partial charge in [-0.3, -0.25) is 14.9 Å². The summed E-state index contributed by atoms with van der Waals surface area (Å²) in [4.78, 5) is 25.8. The summed E-state index contributed by atoms with van der Waals surface area (Å²) < 4.78 is 5.75. The predicted molar refractivity (Wildman–Crippen MR) is 63.8 cm³/mol. The molecule has 98 valence electrons. The first-order valence-corrected chi connectivity index (χ1v) is 5.07. The Morgan fingerprint density at radius 1 is 1.53 bits per heavy atom. The van der Waals surface area contributed by atoms with Crippen molar-refractivity contribution in [2.45, 2.75) is 0 Å². The normalized spacial score (nSPS) is 10.2. The van der Waals surface area contributed by atoms with Gasteiger partial charge < -0.3 is 10.5 Å². The molecular formula is C10H9N5O4. The largest absolute Gasteiger partial charge is 0.490 e. The van der Waals surface area contributed by atoms with Crippen LogP contribution in [0.15, 0.2) is 24.5 Å². The van der Waals surface area contributed by atoms with Gasteiger partial charge in [0.2, 0.25) is 5.95 Å². The van der Waals surface area contributed by atoms with Crippen LogP contribution in [0.5, 0.6) is 5.75 Å². The summed E-state index contributed by atoms with van der Waals surface area (Å²) in [7, 11) is 1.31. The molecule has 0 aliphatic heterocycles. The molecule has 0 unspecified atom stereocenters. The topological polar surface area (TPSA) is 126 Å². The number of ether oxygens (including phenoxy) is 1. The van der Waals surface area contributed by atoms with Gasteiger partial charge in [0.05, 0.1) is 12.0 Å². The highest BCUT2D eigenvalue weighted by molar-refractivity contribution is 5.96. The number of aromatic nitrogens is 3. The van der Waals surface area contributed by atoms with Crippen molar-refractivity contribution in [1.29, 1.82) is 0 Å². The van der Waals surface area contributed by atoms with Crippen molar-refractivity contribution in [3.05, 3.63) is 40.2 Å². The molecule has 0 atom stereocenters. The van der Waals surface area contributed by atoms with Gasteiger partial charge in [-0.2, -0.15) is 4.68 Å². The SMILES string of the molecule is COc1ccc(C(=O)n2cnc(N)n2)cc1[N+](=O)[O-]. The van der Waals surface area contributed by atoms with Crippen molar-refractivity contribution in [2.75, 3.05) is 12.8 Å². The first-order valence-electron chi connectivity index (χ1n) is 5.07. The highest BCUT2D eigenvalue weighted by Crippen LogP contribution is 2.27. The fourth-order valence-electron chi connectivity index (χ4n) is 1.47. The van der Waals surface area contributed by atoms with Gasteiger partial charge >= 0.3 is 5.69 Å². The number of carbonyl (C=O) groups excluding carboxylic acids is 1. The van der Waals surface area contributed by atoms with Crippen molar-refractivity contribution >= 4 is 17.5 Å². The molecule has 9 heteroatoms. The molecule has 0 aliphatic carbocycles. The molecule has 1 heterocycles. The van der Waals surface area contributed by atoms with Gasteiger partial charge in [0.1, 0.15) is 6.33 Å². The second-order valence-electron chi connectivity index (χ2n) is 3.50. The minimum atomic E-state index is -0.634. The maximum absolute atomic E-state index is 12.0. The molecule has 9 nitrogen and oxygen atoms in total. The van der Waals surface area contributed by atoms with Gasteiger partial charge in [0.25, 0.3) is 5.91 Å². The molecule has 19 heavy (non-hydrogen) atoms. The van der Waals surface area contributed by atoms with Crippen molar-refractivity contribution in [1.82, 2.24) is 14.8 Å². The van der Waals surface area contributed by atoms with Crippen molar-refractivity contribution in [3.8, 4) is 5.75 Å². The molecule has 0 saturated heterocycles. The van der Waals surface area contributed by atoms with Crippen LogP contribution in [-0.2, 0) is 0 Å². The van der Waals surface area contributed by atoms with Gasteiger partial charge in [-0.15, -0.1) is 5.10 Å². The second kappa shape index (κ2) is 4.72. The van der Waals surface area contributed by atoms with E-state index in [4.69, 9.17) is 10.5 Å². The van der Waals surface area contributed by atoms with Crippen LogP contribution >= 0.6 is 0 Å². The Labute approximate surface area is 106 Å². The number of nitrogen functional groups attached to an aromatic ring is 1. The number of benzene rings is 1. The molecule has 2 rings (SSSR count). The van der Waals surface area contributed by atoms with E-state index in [-0.39, 0.29) is 22.9 Å². The Balaban J connectivity index is 2.43. The lowest BCUT2D eigenvalue weighted by Crippen LogP contribution is -2.13. The zero-order valence-electron chi connectivity index (χ0n) is 9.81. The molecule has 1 aromatic carbocycles. The number of nitrogens with zero attached hydrogens (tertiary/aromatic N) is 4. The van der Waals surface area contributed by atoms with Gasteiger partial charge in [-0.05, 0) is 12.1 Å². The molecular weight excluding hydrogens is 254 g/mol. The third kappa shape index (κ3) is 2.34. The third-order valence-corrected chi connectivity index (χ3v) is 2.34. The van der Waals surface area contributed by atoms with E-state index in [9.17, 15) is 14.9 Å². The Morgan fingerprint density at radius 2 is 2.26 bits per heavy atom. The van der Waals surface area contributed by atoms with Crippen LogP contribution in [0, 0.1) is 10.1 Å². The van der Waals surface area contributed by atoms with Crippen LogP contribution < -0.4 is 10.5 Å². The number of rotatable bonds is 3. The number of nitrogens with two attached hydrogens (primary N) is 1. The maximum atomic E-state index is 12.0. The molecule has 0 fully saturated rings. The average Bonchev–Trinajstić information content (AvgIpc) is 2.83. The van der Waals surface area contributed by atoms with E-state index in [0.717, 1.165) is 17.1 Å². The molecule has 0 bridgehead atoms. The standard InChI is InChI=1S/C10H9N5O4/c1-19-8-3-2-6(4-7(8)15(17)18)9(16)14-5-12-10(11)13-14/h2-5H,1H3,(H2,11,13). The molecule has 2 N–H and O–H groups in total. The molecule has 0 spiro atoms. The van der Waals surface area contributed by atoms with Crippen molar-refractivity contribution < 1.29 is 14.5 Å². The first kappa shape index (κ1) is 12.5. The molecule has 1 aromatic heterocycles. The lowest BCUT2D eigenvalue weighted by molar-refractivity contribution is -0.385. The molecule has 2 aromatic rings. The van der Waals surface area contributed by atoms with E-state index in [1.165, 1.54) is 19.2 Å². The number of methoxy groups -OCH3 is 1. The Hall–Kier alpha value is -2.97. The van der Waals surface area contributed by atoms with E-state index in [1.807, 2.05) is 0 Å². The summed E-state index contributed by atoms with van der Waals surface area (Å²) in [5.74, 6) is -0.564. The van der Waals surface area contributed by atoms with Crippen LogP contribution in [-0.4, -0.2) is 32.7 Å². The van der Waals surface area contributed by atoms with Crippen LogP contribution in [0.1, 0.15) is 10.4 Å². The Morgan fingerprint density at radius 3 is 2.79 bits per heavy atom. The molecule has 0 amide bonds. The van der Waals surface area contributed by atoms with Crippen LogP contribution in [0.25, 0.3) is 0 Å². The summed E-state index contributed by atoms with van der Waals surface area (Å²) in [6.07, 6.45) is 1.13. The number of hydrogen-bond donors (Lipinski definition) is 1. The number of anilines is 1. The number of carbonyl (C=O) groups is 1. The summed E-state index contributed by atoms with van der Waals surface area (Å²) in [5.41, 5.74) is 5.07. The van der Waals surface area contributed by atoms with Crippen molar-refractivity contribution in [2.24, 2.45) is 0 Å². The quantitative estimate of drug-likeness (QED) is 0.629. The summed E-state index contributed by atoms with van der Waals surface area (Å²) in [5, 5.41) is 14.5. The fourth-order valence-corrected chi connectivity index (χ4v) is 1.47. The van der Waals surface area contributed by atoms with Gasteiger partial charge in [0.15, 0.2) is 5.75 Å². The van der Waals surface area contributed by atoms with E-state index in [0.29, 0.717) is 0 Å². The summed E-state index contributed by atoms with van der Waals surface area (Å²) in [6.45, 7) is 0. The first-order chi connectivity index (χ1) is 9.02. The van der Waals surface area contributed by atoms with Crippen LogP contribution in [0.4, 0.5) is 11.6 Å². The number of nitro benzene ring substituents is 1. The smallest absolute Gasteiger partial charge is 0.311 e. The van der Waals surface area contributed by atoms with Crippen LogP contribution in [0.3, 0.4) is 0 Å². The lowest BCUT2D eigenvalue weighted by atomic mass is 10.2. The Bertz CT molecular complexity index is 651. The number of nitro groups is 1. The van der Waals surface area contributed by atoms with Crippen LogP contribution in [0.2, 0.25) is 0 Å². The van der Waals surface area contributed by atoms with Gasteiger partial charge in [0, 0.05) is 11.6 Å². The second-order valence-corrected chi connectivity index (χ2v) is 3.50. The highest BCUT2D eigenvalue weighted by Gasteiger charge is 2.19. The minimum absolute atomic E-state index is 0.0589. The summed E-state index contributed by atoms with van der Waals surface area (Å²) in [6, 6.07) is 3.84. The number of hydrogen-bond acceptors (Lipinski definition) is 7. The predicted octanol–water partition coefficient (Wildman–Crippen LogP) is 0.466. The van der Waals surface area contributed by atoms with E-state index < -0.39 is 10.8 Å². The van der Waals surface area contributed by atoms with Gasteiger partial charge in [-0.25, -0.2) is 4.98 Å². The molecule has 0 aliphatic rings. The average molecular weight is 263 g/mol. The molecule has 0 radical (unpaired) electrons. The monoisotopic (exact) mass is 263 g/mol. The fraction of sp³-hybridized carbons (Fsp3) is 0.100. The maximum Gasteiger partial charge on any atom is 0.311 e. The molecule has 0 saturated carbocycles. The van der Waals surface area contributed by atoms with E-state index in [1.54, 1.807) is 0 Å². The zero-order chi connectivity index (χ0) is 14.0. The van der Waals surface area contributed by atoms with E-state index >= 15 is 0 Å². The van der Waals surface area contributed by atoms with E-state index in [2.05, 4.69) is 10.1 Å². The lowest BCUT2D eigenvalue weighted by Gasteiger charge is -2.04. The van der Waals surface area contributed by atoms with Crippen molar-refractivity contribution in [3.63, 3.8) is 0 Å². The van der Waals surface area contributed by atoms with Gasteiger partial charge in [-0.1, -0.05) is 0 Å². The minimum Gasteiger partial charge on any atom is -0.490 e. The third-order valence-electron chi connectivity index (χ3n) is 2.34. The zero-order valence-corrected chi connectivity index (χ0v) is 9.81.